The molecule has 1 aromatic rings. The number of rotatable bonds is 4. The van der Waals surface area contributed by atoms with Crippen LogP contribution in [0.15, 0.2) is 18.2 Å². The Labute approximate surface area is 82.7 Å². The highest BCUT2D eigenvalue weighted by atomic mass is 16.7. The van der Waals surface area contributed by atoms with E-state index in [9.17, 15) is 10.2 Å². The molecule has 4 heteroatoms. The number of para-hydroxylation sites is 1. The quantitative estimate of drug-likeness (QED) is 0.565. The molecule has 0 heterocycles. The zero-order chi connectivity index (χ0) is 10.6. The monoisotopic (exact) mass is 198 g/mol. The van der Waals surface area contributed by atoms with E-state index in [1.807, 2.05) is 0 Å². The molecule has 2 N–H and O–H groups in total. The average molecular weight is 198 g/mol. The molecule has 0 bridgehead atoms. The summed E-state index contributed by atoms with van der Waals surface area (Å²) in [5.74, 6) is -0.250. The van der Waals surface area contributed by atoms with Gasteiger partial charge in [0.2, 0.25) is 0 Å². The molecule has 1 rings (SSSR count). The molecule has 0 aliphatic rings. The standard InChI is InChI=1S/C10H14O4/c1-13-9(14-2)6-7-4-3-5-8(11)10(7)12/h3-5,9,11-12H,6H2,1-2H3. The maximum absolute atomic E-state index is 9.48. The van der Waals surface area contributed by atoms with Gasteiger partial charge in [0.05, 0.1) is 0 Å². The van der Waals surface area contributed by atoms with E-state index in [1.54, 1.807) is 12.1 Å². The Morgan fingerprint density at radius 1 is 1.21 bits per heavy atom. The molecule has 0 amide bonds. The summed E-state index contributed by atoms with van der Waals surface area (Å²) in [4.78, 5) is 0. The van der Waals surface area contributed by atoms with E-state index in [2.05, 4.69) is 0 Å². The highest BCUT2D eigenvalue weighted by molar-refractivity contribution is 5.44. The first-order valence-electron chi connectivity index (χ1n) is 4.24. The van der Waals surface area contributed by atoms with Crippen molar-refractivity contribution in [1.29, 1.82) is 0 Å². The highest BCUT2D eigenvalue weighted by Gasteiger charge is 2.11. The van der Waals surface area contributed by atoms with E-state index in [0.717, 1.165) is 0 Å². The summed E-state index contributed by atoms with van der Waals surface area (Å²) in [5.41, 5.74) is 0.596. The van der Waals surface area contributed by atoms with Gasteiger partial charge in [0.15, 0.2) is 17.8 Å². The fraction of sp³-hybridized carbons (Fsp3) is 0.400. The van der Waals surface area contributed by atoms with E-state index in [1.165, 1.54) is 20.3 Å². The number of aromatic hydroxyl groups is 2. The number of methoxy groups -OCH3 is 2. The lowest BCUT2D eigenvalue weighted by Gasteiger charge is -2.14. The van der Waals surface area contributed by atoms with E-state index in [0.29, 0.717) is 12.0 Å². The van der Waals surface area contributed by atoms with Gasteiger partial charge >= 0.3 is 0 Å². The predicted octanol–water partition coefficient (Wildman–Crippen LogP) is 1.26. The van der Waals surface area contributed by atoms with Gasteiger partial charge in [-0.05, 0) is 6.07 Å². The summed E-state index contributed by atoms with van der Waals surface area (Å²) < 4.78 is 9.97. The SMILES string of the molecule is COC(Cc1cccc(O)c1O)OC. The van der Waals surface area contributed by atoms with Crippen molar-refractivity contribution in [1.82, 2.24) is 0 Å². The molecule has 0 aliphatic heterocycles. The third-order valence-corrected chi connectivity index (χ3v) is 2.01. The molecule has 4 nitrogen and oxygen atoms in total. The Kier molecular flexibility index (Phi) is 3.73. The molecule has 0 radical (unpaired) electrons. The molecule has 0 spiro atoms. The Balaban J connectivity index is 2.80. The minimum atomic E-state index is -0.414. The normalized spacial score (nSPS) is 10.8. The largest absolute Gasteiger partial charge is 0.504 e. The minimum Gasteiger partial charge on any atom is -0.504 e. The number of phenolic OH excluding ortho intramolecular Hbond substituents is 2. The Hall–Kier alpha value is -1.26. The second kappa shape index (κ2) is 4.83. The molecule has 1 aromatic carbocycles. The van der Waals surface area contributed by atoms with Gasteiger partial charge in [-0.15, -0.1) is 0 Å². The van der Waals surface area contributed by atoms with Gasteiger partial charge < -0.3 is 19.7 Å². The lowest BCUT2D eigenvalue weighted by molar-refractivity contribution is -0.100. The molecule has 0 unspecified atom stereocenters. The lowest BCUT2D eigenvalue weighted by atomic mass is 10.1. The van der Waals surface area contributed by atoms with Crippen molar-refractivity contribution in [2.75, 3.05) is 14.2 Å². The van der Waals surface area contributed by atoms with Gasteiger partial charge in [-0.3, -0.25) is 0 Å². The maximum atomic E-state index is 9.48. The van der Waals surface area contributed by atoms with Crippen LogP contribution >= 0.6 is 0 Å². The maximum Gasteiger partial charge on any atom is 0.160 e. The van der Waals surface area contributed by atoms with Gasteiger partial charge in [-0.2, -0.15) is 0 Å². The first-order chi connectivity index (χ1) is 6.69. The van der Waals surface area contributed by atoms with Crippen LogP contribution < -0.4 is 0 Å². The highest BCUT2D eigenvalue weighted by Crippen LogP contribution is 2.29. The molecule has 14 heavy (non-hydrogen) atoms. The molecule has 0 saturated carbocycles. The van der Waals surface area contributed by atoms with Gasteiger partial charge in [0.1, 0.15) is 0 Å². The van der Waals surface area contributed by atoms with E-state index in [-0.39, 0.29) is 11.5 Å². The van der Waals surface area contributed by atoms with Crippen LogP contribution in [0.5, 0.6) is 11.5 Å². The molecule has 0 atom stereocenters. The van der Waals surface area contributed by atoms with Crippen molar-refractivity contribution in [2.24, 2.45) is 0 Å². The number of hydrogen-bond acceptors (Lipinski definition) is 4. The average Bonchev–Trinajstić information content (AvgIpc) is 2.20. The minimum absolute atomic E-state index is 0.119. The topological polar surface area (TPSA) is 58.9 Å². The summed E-state index contributed by atoms with van der Waals surface area (Å²) in [6, 6.07) is 4.79. The van der Waals surface area contributed by atoms with Crippen LogP contribution in [0.25, 0.3) is 0 Å². The number of phenols is 2. The van der Waals surface area contributed by atoms with Crippen LogP contribution in [-0.2, 0) is 15.9 Å². The zero-order valence-electron chi connectivity index (χ0n) is 8.23. The predicted molar refractivity (Wildman–Crippen MR) is 51.3 cm³/mol. The van der Waals surface area contributed by atoms with Crippen LogP contribution in [0.2, 0.25) is 0 Å². The summed E-state index contributed by atoms with van der Waals surface area (Å²) in [6.45, 7) is 0. The van der Waals surface area contributed by atoms with Crippen molar-refractivity contribution >= 4 is 0 Å². The van der Waals surface area contributed by atoms with Crippen molar-refractivity contribution in [3.05, 3.63) is 23.8 Å². The third-order valence-electron chi connectivity index (χ3n) is 2.01. The van der Waals surface area contributed by atoms with Gasteiger partial charge in [-0.1, -0.05) is 12.1 Å². The van der Waals surface area contributed by atoms with Crippen LogP contribution in [0, 0.1) is 0 Å². The Morgan fingerprint density at radius 2 is 1.86 bits per heavy atom. The molecule has 0 aromatic heterocycles. The van der Waals surface area contributed by atoms with Crippen molar-refractivity contribution in [3.63, 3.8) is 0 Å². The smallest absolute Gasteiger partial charge is 0.160 e. The van der Waals surface area contributed by atoms with E-state index in [4.69, 9.17) is 9.47 Å². The Bertz CT molecular complexity index is 294. The molecule has 78 valence electrons. The van der Waals surface area contributed by atoms with Gasteiger partial charge in [0.25, 0.3) is 0 Å². The number of hydrogen-bond donors (Lipinski definition) is 2. The van der Waals surface area contributed by atoms with Crippen molar-refractivity contribution in [2.45, 2.75) is 12.7 Å². The van der Waals surface area contributed by atoms with Gasteiger partial charge in [0, 0.05) is 26.2 Å². The lowest BCUT2D eigenvalue weighted by Crippen LogP contribution is -2.16. The molecular formula is C10H14O4. The third kappa shape index (κ3) is 2.37. The second-order valence-corrected chi connectivity index (χ2v) is 2.89. The number of benzene rings is 1. The van der Waals surface area contributed by atoms with E-state index >= 15 is 0 Å². The van der Waals surface area contributed by atoms with Crippen LogP contribution in [-0.4, -0.2) is 30.7 Å². The van der Waals surface area contributed by atoms with Crippen LogP contribution in [0.3, 0.4) is 0 Å². The second-order valence-electron chi connectivity index (χ2n) is 2.89. The first kappa shape index (κ1) is 10.8. The molecule has 0 fully saturated rings. The fourth-order valence-electron chi connectivity index (χ4n) is 1.18. The van der Waals surface area contributed by atoms with Gasteiger partial charge in [-0.25, -0.2) is 0 Å². The summed E-state index contributed by atoms with van der Waals surface area (Å²) in [6.07, 6.45) is -0.0181. The molecule has 0 aliphatic carbocycles. The fourth-order valence-corrected chi connectivity index (χ4v) is 1.18. The van der Waals surface area contributed by atoms with Crippen LogP contribution in [0.1, 0.15) is 5.56 Å². The molecular weight excluding hydrogens is 184 g/mol. The summed E-state index contributed by atoms with van der Waals surface area (Å²) in [5, 5.41) is 18.7. The van der Waals surface area contributed by atoms with E-state index < -0.39 is 6.29 Å². The summed E-state index contributed by atoms with van der Waals surface area (Å²) in [7, 11) is 3.04. The first-order valence-corrected chi connectivity index (χ1v) is 4.24. The Morgan fingerprint density at radius 3 is 2.43 bits per heavy atom. The molecule has 0 saturated heterocycles. The summed E-state index contributed by atoms with van der Waals surface area (Å²) >= 11 is 0. The number of ether oxygens (including phenoxy) is 2. The zero-order valence-corrected chi connectivity index (χ0v) is 8.23. The van der Waals surface area contributed by atoms with Crippen LogP contribution in [0.4, 0.5) is 0 Å². The van der Waals surface area contributed by atoms with Crippen molar-refractivity contribution < 1.29 is 19.7 Å². The van der Waals surface area contributed by atoms with Crippen molar-refractivity contribution in [3.8, 4) is 11.5 Å².